The van der Waals surface area contributed by atoms with Gasteiger partial charge in [-0.15, -0.1) is 11.3 Å². The third kappa shape index (κ3) is 4.68. The number of rotatable bonds is 7. The second kappa shape index (κ2) is 8.60. The molecular weight excluding hydrogens is 336 g/mol. The average Bonchev–Trinajstić information content (AvgIpc) is 3.29. The summed E-state index contributed by atoms with van der Waals surface area (Å²) in [5, 5.41) is 6.23. The molecule has 2 aromatic rings. The van der Waals surface area contributed by atoms with Crippen LogP contribution in [0.15, 0.2) is 28.1 Å². The van der Waals surface area contributed by atoms with E-state index in [1.54, 1.807) is 11.3 Å². The highest BCUT2D eigenvalue weighted by atomic mass is 32.1. The molecule has 0 radical (unpaired) electrons. The number of hydrogen-bond acceptors (Lipinski definition) is 6. The Balaban J connectivity index is 1.46. The number of amides is 1. The van der Waals surface area contributed by atoms with E-state index in [4.69, 9.17) is 4.52 Å². The second-order valence-electron chi connectivity index (χ2n) is 6.28. The Kier molecular flexibility index (Phi) is 6.23. The van der Waals surface area contributed by atoms with Gasteiger partial charge in [-0.3, -0.25) is 14.6 Å². The Bertz CT molecular complexity index is 658. The first kappa shape index (κ1) is 18.1. The minimum atomic E-state index is 0.232. The lowest BCUT2D eigenvalue weighted by atomic mass is 10.2. The standard InChI is InChI=1S/C18H26N4O2S/c1-3-22(4-2)18(23)14-21-9-7-20(8-10-21)13-15-12-16(24-19-15)17-6-5-11-25-17/h5-6,11-12H,3-4,7-10,13-14H2,1-2H3. The van der Waals surface area contributed by atoms with Crippen LogP contribution in [0, 0.1) is 0 Å². The molecule has 7 heteroatoms. The van der Waals surface area contributed by atoms with E-state index in [-0.39, 0.29) is 5.91 Å². The molecule has 1 aliphatic heterocycles. The Hall–Kier alpha value is -1.70. The first-order valence-corrected chi connectivity index (χ1v) is 9.79. The topological polar surface area (TPSA) is 52.8 Å². The lowest BCUT2D eigenvalue weighted by Gasteiger charge is -2.34. The van der Waals surface area contributed by atoms with Crippen molar-refractivity contribution in [2.75, 3.05) is 45.8 Å². The van der Waals surface area contributed by atoms with Gasteiger partial charge in [0.05, 0.1) is 17.1 Å². The summed E-state index contributed by atoms with van der Waals surface area (Å²) in [6.45, 7) is 10.7. The summed E-state index contributed by atoms with van der Waals surface area (Å²) in [7, 11) is 0. The Morgan fingerprint density at radius 3 is 2.60 bits per heavy atom. The number of nitrogens with zero attached hydrogens (tertiary/aromatic N) is 4. The fourth-order valence-corrected chi connectivity index (χ4v) is 3.80. The minimum absolute atomic E-state index is 0.232. The van der Waals surface area contributed by atoms with Crippen molar-refractivity contribution in [2.24, 2.45) is 0 Å². The van der Waals surface area contributed by atoms with E-state index < -0.39 is 0 Å². The molecule has 6 nitrogen and oxygen atoms in total. The van der Waals surface area contributed by atoms with Crippen LogP contribution in [0.2, 0.25) is 0 Å². The van der Waals surface area contributed by atoms with Crippen LogP contribution >= 0.6 is 11.3 Å². The largest absolute Gasteiger partial charge is 0.355 e. The maximum Gasteiger partial charge on any atom is 0.236 e. The summed E-state index contributed by atoms with van der Waals surface area (Å²) in [6, 6.07) is 6.09. The highest BCUT2D eigenvalue weighted by molar-refractivity contribution is 7.13. The van der Waals surface area contributed by atoms with Gasteiger partial charge in [0.15, 0.2) is 5.76 Å². The van der Waals surface area contributed by atoms with E-state index in [0.717, 1.165) is 62.1 Å². The van der Waals surface area contributed by atoms with Gasteiger partial charge in [0, 0.05) is 51.9 Å². The van der Waals surface area contributed by atoms with Crippen LogP contribution in [0.5, 0.6) is 0 Å². The lowest BCUT2D eigenvalue weighted by molar-refractivity contribution is -0.132. The Morgan fingerprint density at radius 1 is 1.24 bits per heavy atom. The van der Waals surface area contributed by atoms with Crippen LogP contribution in [-0.2, 0) is 11.3 Å². The first-order chi connectivity index (χ1) is 12.2. The van der Waals surface area contributed by atoms with Crippen LogP contribution in [0.3, 0.4) is 0 Å². The molecule has 1 amide bonds. The molecule has 0 atom stereocenters. The molecule has 3 rings (SSSR count). The van der Waals surface area contributed by atoms with Crippen molar-refractivity contribution in [2.45, 2.75) is 20.4 Å². The van der Waals surface area contributed by atoms with E-state index in [2.05, 4.69) is 15.0 Å². The zero-order chi connectivity index (χ0) is 17.6. The van der Waals surface area contributed by atoms with E-state index in [9.17, 15) is 4.79 Å². The van der Waals surface area contributed by atoms with Crippen molar-refractivity contribution in [1.29, 1.82) is 0 Å². The number of aromatic nitrogens is 1. The van der Waals surface area contributed by atoms with Crippen LogP contribution in [-0.4, -0.2) is 71.6 Å². The number of carbonyl (C=O) groups excluding carboxylic acids is 1. The summed E-state index contributed by atoms with van der Waals surface area (Å²) >= 11 is 1.66. The van der Waals surface area contributed by atoms with Gasteiger partial charge in [-0.1, -0.05) is 11.2 Å². The lowest BCUT2D eigenvalue weighted by Crippen LogP contribution is -2.49. The smallest absolute Gasteiger partial charge is 0.236 e. The quantitative estimate of drug-likeness (QED) is 0.757. The van der Waals surface area contributed by atoms with E-state index >= 15 is 0 Å². The van der Waals surface area contributed by atoms with Crippen LogP contribution in [0.25, 0.3) is 10.6 Å². The van der Waals surface area contributed by atoms with Gasteiger partial charge >= 0.3 is 0 Å². The van der Waals surface area contributed by atoms with Crippen molar-refractivity contribution in [3.8, 4) is 10.6 Å². The van der Waals surface area contributed by atoms with Crippen molar-refractivity contribution in [3.63, 3.8) is 0 Å². The van der Waals surface area contributed by atoms with Crippen molar-refractivity contribution >= 4 is 17.2 Å². The van der Waals surface area contributed by atoms with E-state index in [1.165, 1.54) is 0 Å². The molecule has 0 unspecified atom stereocenters. The van der Waals surface area contributed by atoms with Gasteiger partial charge in [-0.05, 0) is 25.3 Å². The van der Waals surface area contributed by atoms with Crippen LogP contribution in [0.4, 0.5) is 0 Å². The zero-order valence-electron chi connectivity index (χ0n) is 15.0. The van der Waals surface area contributed by atoms with Gasteiger partial charge in [0.2, 0.25) is 5.91 Å². The molecule has 0 bridgehead atoms. The van der Waals surface area contributed by atoms with Gasteiger partial charge < -0.3 is 9.42 Å². The molecule has 0 aliphatic carbocycles. The summed E-state index contributed by atoms with van der Waals surface area (Å²) in [6.07, 6.45) is 0. The maximum absolute atomic E-state index is 12.2. The fraction of sp³-hybridized carbons (Fsp3) is 0.556. The van der Waals surface area contributed by atoms with Gasteiger partial charge in [0.25, 0.3) is 0 Å². The highest BCUT2D eigenvalue weighted by Crippen LogP contribution is 2.25. The molecule has 0 saturated carbocycles. The molecule has 136 valence electrons. The molecular formula is C18H26N4O2S. The van der Waals surface area contributed by atoms with Crippen LogP contribution < -0.4 is 0 Å². The molecule has 3 heterocycles. The van der Waals surface area contributed by atoms with Gasteiger partial charge in [-0.2, -0.15) is 0 Å². The molecule has 25 heavy (non-hydrogen) atoms. The highest BCUT2D eigenvalue weighted by Gasteiger charge is 2.21. The Labute approximate surface area is 153 Å². The third-order valence-corrected chi connectivity index (χ3v) is 5.53. The summed E-state index contributed by atoms with van der Waals surface area (Å²) in [4.78, 5) is 19.8. The molecule has 0 N–H and O–H groups in total. The summed E-state index contributed by atoms with van der Waals surface area (Å²) in [5.41, 5.74) is 0.969. The van der Waals surface area contributed by atoms with E-state index in [1.807, 2.05) is 42.3 Å². The zero-order valence-corrected chi connectivity index (χ0v) is 15.8. The second-order valence-corrected chi connectivity index (χ2v) is 7.23. The summed E-state index contributed by atoms with van der Waals surface area (Å²) in [5.74, 6) is 1.07. The number of hydrogen-bond donors (Lipinski definition) is 0. The van der Waals surface area contributed by atoms with Gasteiger partial charge in [0.1, 0.15) is 0 Å². The van der Waals surface area contributed by atoms with Crippen molar-refractivity contribution in [1.82, 2.24) is 19.9 Å². The number of piperazine rings is 1. The summed E-state index contributed by atoms with van der Waals surface area (Å²) < 4.78 is 5.45. The molecule has 2 aromatic heterocycles. The van der Waals surface area contributed by atoms with Gasteiger partial charge in [-0.25, -0.2) is 0 Å². The maximum atomic E-state index is 12.2. The Morgan fingerprint density at radius 2 is 1.96 bits per heavy atom. The van der Waals surface area contributed by atoms with Crippen LogP contribution in [0.1, 0.15) is 19.5 Å². The van der Waals surface area contributed by atoms with Crippen molar-refractivity contribution in [3.05, 3.63) is 29.3 Å². The molecule has 0 aromatic carbocycles. The van der Waals surface area contributed by atoms with Crippen molar-refractivity contribution < 1.29 is 9.32 Å². The monoisotopic (exact) mass is 362 g/mol. The number of carbonyl (C=O) groups is 1. The fourth-order valence-electron chi connectivity index (χ4n) is 3.12. The predicted molar refractivity (Wildman–Crippen MR) is 99.5 cm³/mol. The predicted octanol–water partition coefficient (Wildman–Crippen LogP) is 2.39. The number of thiophene rings is 1. The molecule has 0 spiro atoms. The normalized spacial score (nSPS) is 16.2. The SMILES string of the molecule is CCN(CC)C(=O)CN1CCN(Cc2cc(-c3cccs3)on2)CC1. The average molecular weight is 362 g/mol. The first-order valence-electron chi connectivity index (χ1n) is 8.91. The molecule has 1 aliphatic rings. The third-order valence-electron chi connectivity index (χ3n) is 4.65. The molecule has 1 fully saturated rings. The minimum Gasteiger partial charge on any atom is -0.355 e. The van der Waals surface area contributed by atoms with E-state index in [0.29, 0.717) is 6.54 Å². The number of likely N-dealkylation sites (N-methyl/N-ethyl adjacent to an activating group) is 1. The molecule has 1 saturated heterocycles.